The Morgan fingerprint density at radius 2 is 1.78 bits per heavy atom. The van der Waals surface area contributed by atoms with Crippen LogP contribution in [0.2, 0.25) is 0 Å². The summed E-state index contributed by atoms with van der Waals surface area (Å²) in [6.07, 6.45) is 0. The summed E-state index contributed by atoms with van der Waals surface area (Å²) in [6, 6.07) is 0. The van der Waals surface area contributed by atoms with Crippen LogP contribution in [0.3, 0.4) is 0 Å². The highest BCUT2D eigenvalue weighted by atomic mass is 35.5. The highest BCUT2D eigenvalue weighted by Crippen LogP contribution is 2.21. The van der Waals surface area contributed by atoms with E-state index in [-0.39, 0.29) is 0 Å². The summed E-state index contributed by atoms with van der Waals surface area (Å²) < 4.78 is -2.28. The monoisotopic (exact) mass is 170 g/mol. The van der Waals surface area contributed by atoms with Crippen LogP contribution < -0.4 is 0 Å². The minimum Gasteiger partial charge on any atom is -0.479 e. The molecule has 9 heavy (non-hydrogen) atoms. The van der Waals surface area contributed by atoms with Crippen LogP contribution in [-0.4, -0.2) is 21.2 Å². The number of halogens is 2. The Morgan fingerprint density at radius 1 is 1.44 bits per heavy atom. The van der Waals surface area contributed by atoms with Crippen molar-refractivity contribution in [3.05, 3.63) is 0 Å². The molecule has 0 atom stereocenters. The molecule has 0 amide bonds. The molecule has 0 rings (SSSR count). The van der Waals surface area contributed by atoms with Crippen LogP contribution in [0, 0.1) is 0 Å². The normalized spacial score (nSPS) is 11.0. The van der Waals surface area contributed by atoms with E-state index >= 15 is 0 Å². The van der Waals surface area contributed by atoms with E-state index in [1.807, 2.05) is 0 Å². The topological polar surface area (TPSA) is 54.4 Å². The second-order valence-electron chi connectivity index (χ2n) is 1.44. The summed E-state index contributed by atoms with van der Waals surface area (Å²) in [6.45, 7) is 1.01. The van der Waals surface area contributed by atoms with E-state index in [0.717, 1.165) is 6.92 Å². The third-order valence-corrected chi connectivity index (χ3v) is 1.57. The number of alkyl halides is 2. The fraction of sp³-hybridized carbons (Fsp3) is 0.500. The van der Waals surface area contributed by atoms with Gasteiger partial charge in [-0.2, -0.15) is 0 Å². The molecule has 0 aromatic rings. The SMILES string of the molecule is CC(=O)C(Cl)(Cl)C(=O)O. The summed E-state index contributed by atoms with van der Waals surface area (Å²) in [5.41, 5.74) is 0. The third kappa shape index (κ3) is 1.84. The molecule has 52 valence electrons. The van der Waals surface area contributed by atoms with Crippen LogP contribution in [0.5, 0.6) is 0 Å². The van der Waals surface area contributed by atoms with E-state index in [0.29, 0.717) is 0 Å². The van der Waals surface area contributed by atoms with Gasteiger partial charge in [-0.25, -0.2) is 4.79 Å². The number of carbonyl (C=O) groups is 2. The van der Waals surface area contributed by atoms with Crippen molar-refractivity contribution < 1.29 is 14.7 Å². The Morgan fingerprint density at radius 3 is 1.78 bits per heavy atom. The molecule has 0 fully saturated rings. The fourth-order valence-electron chi connectivity index (χ4n) is 0.151. The van der Waals surface area contributed by atoms with E-state index in [9.17, 15) is 9.59 Å². The first-order valence-electron chi connectivity index (χ1n) is 2.01. The van der Waals surface area contributed by atoms with Gasteiger partial charge in [0, 0.05) is 0 Å². The minimum atomic E-state index is -2.28. The lowest BCUT2D eigenvalue weighted by Gasteiger charge is -2.07. The highest BCUT2D eigenvalue weighted by Gasteiger charge is 2.38. The van der Waals surface area contributed by atoms with Gasteiger partial charge in [-0.1, -0.05) is 23.2 Å². The number of carboxylic acid groups (broad SMARTS) is 1. The van der Waals surface area contributed by atoms with Crippen molar-refractivity contribution in [3.63, 3.8) is 0 Å². The maximum Gasteiger partial charge on any atom is 0.348 e. The smallest absolute Gasteiger partial charge is 0.348 e. The van der Waals surface area contributed by atoms with Crippen LogP contribution in [-0.2, 0) is 9.59 Å². The molecule has 1 N–H and O–H groups in total. The molecule has 0 aliphatic heterocycles. The molecule has 0 aromatic carbocycles. The van der Waals surface area contributed by atoms with Crippen molar-refractivity contribution in [1.82, 2.24) is 0 Å². The van der Waals surface area contributed by atoms with Gasteiger partial charge in [-0.3, -0.25) is 4.79 Å². The number of Topliss-reactive ketones (excluding diaryl/α,β-unsaturated/α-hetero) is 1. The van der Waals surface area contributed by atoms with Gasteiger partial charge in [-0.15, -0.1) is 0 Å². The number of rotatable bonds is 2. The summed E-state index contributed by atoms with van der Waals surface area (Å²) in [4.78, 5) is 20.2. The third-order valence-electron chi connectivity index (χ3n) is 0.711. The standard InChI is InChI=1S/C4H4Cl2O3/c1-2(7)4(5,6)3(8)9/h1H3,(H,8,9). The van der Waals surface area contributed by atoms with Gasteiger partial charge in [0.1, 0.15) is 0 Å². The lowest BCUT2D eigenvalue weighted by Crippen LogP contribution is -2.33. The number of hydrogen-bond donors (Lipinski definition) is 1. The van der Waals surface area contributed by atoms with Gasteiger partial charge in [0.15, 0.2) is 5.78 Å². The number of ketones is 1. The lowest BCUT2D eigenvalue weighted by atomic mass is 10.3. The molecular formula is C4H4Cl2O3. The number of hydrogen-bond acceptors (Lipinski definition) is 2. The molecular weight excluding hydrogens is 167 g/mol. The molecule has 0 bridgehead atoms. The van der Waals surface area contributed by atoms with E-state index in [2.05, 4.69) is 0 Å². The van der Waals surface area contributed by atoms with Gasteiger partial charge in [0.05, 0.1) is 0 Å². The first-order valence-corrected chi connectivity index (χ1v) is 2.77. The zero-order valence-electron chi connectivity index (χ0n) is 4.52. The molecule has 0 saturated heterocycles. The predicted octanol–water partition coefficient (Wildman–Crippen LogP) is 0.834. The van der Waals surface area contributed by atoms with Crippen LogP contribution in [0.25, 0.3) is 0 Å². The summed E-state index contributed by atoms with van der Waals surface area (Å²) in [5, 5.41) is 8.13. The molecule has 0 aliphatic carbocycles. The van der Waals surface area contributed by atoms with Crippen molar-refractivity contribution in [2.45, 2.75) is 11.3 Å². The van der Waals surface area contributed by atoms with E-state index in [1.54, 1.807) is 0 Å². The highest BCUT2D eigenvalue weighted by molar-refractivity contribution is 6.66. The second kappa shape index (κ2) is 2.54. The molecule has 3 nitrogen and oxygen atoms in total. The molecule has 0 saturated carbocycles. The minimum absolute atomic E-state index is 0.793. The van der Waals surface area contributed by atoms with Gasteiger partial charge >= 0.3 is 5.97 Å². The van der Waals surface area contributed by atoms with Crippen molar-refractivity contribution in [2.24, 2.45) is 0 Å². The second-order valence-corrected chi connectivity index (χ2v) is 2.76. The predicted molar refractivity (Wildman–Crippen MR) is 32.8 cm³/mol. The van der Waals surface area contributed by atoms with Gasteiger partial charge in [0.2, 0.25) is 0 Å². The Bertz CT molecular complexity index is 136. The summed E-state index contributed by atoms with van der Waals surface area (Å²) >= 11 is 10.0. The Balaban J connectivity index is 4.38. The molecule has 0 heterocycles. The molecule has 5 heteroatoms. The first kappa shape index (κ1) is 8.72. The van der Waals surface area contributed by atoms with Crippen LogP contribution in [0.15, 0.2) is 0 Å². The molecule has 0 radical (unpaired) electrons. The molecule has 0 unspecified atom stereocenters. The Hall–Kier alpha value is -0.280. The first-order chi connectivity index (χ1) is 3.89. The van der Waals surface area contributed by atoms with Crippen molar-refractivity contribution in [3.8, 4) is 0 Å². The maximum atomic E-state index is 10.3. The summed E-state index contributed by atoms with van der Waals surface area (Å²) in [5.74, 6) is -2.34. The Labute approximate surface area is 61.6 Å². The van der Waals surface area contributed by atoms with E-state index < -0.39 is 16.1 Å². The Kier molecular flexibility index (Phi) is 2.46. The quantitative estimate of drug-likeness (QED) is 0.494. The lowest BCUT2D eigenvalue weighted by molar-refractivity contribution is -0.140. The largest absolute Gasteiger partial charge is 0.479 e. The van der Waals surface area contributed by atoms with Crippen molar-refractivity contribution in [1.29, 1.82) is 0 Å². The van der Waals surface area contributed by atoms with Gasteiger partial charge in [0.25, 0.3) is 4.33 Å². The van der Waals surface area contributed by atoms with E-state index in [4.69, 9.17) is 28.3 Å². The zero-order chi connectivity index (χ0) is 7.65. The number of aliphatic carboxylic acids is 1. The van der Waals surface area contributed by atoms with Crippen molar-refractivity contribution in [2.75, 3.05) is 0 Å². The van der Waals surface area contributed by atoms with Crippen LogP contribution in [0.4, 0.5) is 0 Å². The molecule has 0 spiro atoms. The maximum absolute atomic E-state index is 10.3. The average molecular weight is 171 g/mol. The van der Waals surface area contributed by atoms with Crippen molar-refractivity contribution >= 4 is 35.0 Å². The van der Waals surface area contributed by atoms with E-state index in [1.165, 1.54) is 0 Å². The molecule has 0 aliphatic rings. The summed E-state index contributed by atoms with van der Waals surface area (Å²) in [7, 11) is 0. The number of carbonyl (C=O) groups excluding carboxylic acids is 1. The average Bonchev–Trinajstić information content (AvgIpc) is 1.65. The van der Waals surface area contributed by atoms with Gasteiger partial charge in [-0.05, 0) is 6.92 Å². The number of carboxylic acids is 1. The van der Waals surface area contributed by atoms with Gasteiger partial charge < -0.3 is 5.11 Å². The van der Waals surface area contributed by atoms with Crippen LogP contribution >= 0.6 is 23.2 Å². The van der Waals surface area contributed by atoms with Crippen LogP contribution in [0.1, 0.15) is 6.92 Å². The molecule has 0 aromatic heterocycles. The fourth-order valence-corrected chi connectivity index (χ4v) is 0.151. The zero-order valence-corrected chi connectivity index (χ0v) is 6.03.